The Morgan fingerprint density at radius 2 is 1.06 bits per heavy atom. The number of fused-ring (bicyclic) bond motifs is 3. The van der Waals surface area contributed by atoms with Crippen molar-refractivity contribution in [1.29, 1.82) is 0 Å². The summed E-state index contributed by atoms with van der Waals surface area (Å²) in [6, 6.07) is 29.1. The average Bonchev–Trinajstić information content (AvgIpc) is 3.17. The molecular weight excluding hydrogens is 624 g/mol. The molecule has 0 aliphatic rings. The third-order valence-electron chi connectivity index (χ3n) is 6.24. The molecule has 6 heteroatoms. The molecule has 0 amide bonds. The van der Waals surface area contributed by atoms with Gasteiger partial charge in [0.15, 0.2) is 0 Å². The molecule has 0 unspecified atom stereocenters. The minimum Gasteiger partial charge on any atom is -0.266 e. The molecule has 2 aromatic carbocycles. The van der Waals surface area contributed by atoms with Crippen molar-refractivity contribution < 1.29 is 21.1 Å². The summed E-state index contributed by atoms with van der Waals surface area (Å²) in [5, 5.41) is 7.36. The average molecular weight is 648 g/mol. The Kier molecular flexibility index (Phi) is 6.39. The topological polar surface area (TPSA) is 25.8 Å². The molecule has 0 saturated carbocycles. The van der Waals surface area contributed by atoms with E-state index in [1.165, 1.54) is 41.2 Å². The molecule has 0 N–H and O–H groups in total. The monoisotopic (exact) mass is 647 g/mol. The second-order valence-electron chi connectivity index (χ2n) is 9.00. The number of hydrogen-bond acceptors (Lipinski definition) is 3. The van der Waals surface area contributed by atoms with E-state index in [1.807, 2.05) is 35.9 Å². The second-order valence-corrected chi connectivity index (χ2v) is 18.7. The fraction of sp³-hybridized carbons (Fsp3) is 0.154. The van der Waals surface area contributed by atoms with Gasteiger partial charge in [0.1, 0.15) is 16.1 Å². The summed E-state index contributed by atoms with van der Waals surface area (Å²) in [4.78, 5) is 9.34. The Morgan fingerprint density at radius 1 is 0.625 bits per heavy atom. The first-order valence-corrected chi connectivity index (χ1v) is 17.3. The summed E-state index contributed by atoms with van der Waals surface area (Å²) in [5.74, 6) is 0. The number of hydrogen-bond donors (Lipinski definition) is 0. The Balaban J connectivity index is 0.00000245. The molecule has 2 nitrogen and oxygen atoms in total. The van der Waals surface area contributed by atoms with E-state index < -0.39 is 16.1 Å². The van der Waals surface area contributed by atoms with Gasteiger partial charge in [-0.2, -0.15) is 12.1 Å². The van der Waals surface area contributed by atoms with Crippen molar-refractivity contribution in [3.05, 3.63) is 85.2 Å². The van der Waals surface area contributed by atoms with Crippen LogP contribution in [0.5, 0.6) is 0 Å². The van der Waals surface area contributed by atoms with Crippen LogP contribution in [-0.2, 0) is 21.1 Å². The Hall–Kier alpha value is -1.92. The van der Waals surface area contributed by atoms with Crippen molar-refractivity contribution in [3.8, 4) is 0 Å². The van der Waals surface area contributed by atoms with E-state index in [1.54, 1.807) is 0 Å². The molecule has 3 heterocycles. The molecule has 162 valence electrons. The summed E-state index contributed by atoms with van der Waals surface area (Å²) in [7, 11) is -3.83. The summed E-state index contributed by atoms with van der Waals surface area (Å²) < 4.78 is 2.55. The van der Waals surface area contributed by atoms with Gasteiger partial charge in [0.25, 0.3) is 0 Å². The number of thiophene rings is 1. The molecule has 0 bridgehead atoms. The number of nitrogens with zero attached hydrogens (tertiary/aromatic N) is 2. The molecule has 32 heavy (non-hydrogen) atoms. The van der Waals surface area contributed by atoms with Crippen LogP contribution in [0.25, 0.3) is 20.2 Å². The predicted molar refractivity (Wildman–Crippen MR) is 139 cm³/mol. The van der Waals surface area contributed by atoms with E-state index in [4.69, 9.17) is 0 Å². The minimum absolute atomic E-state index is 0. The Labute approximate surface area is 210 Å². The van der Waals surface area contributed by atoms with Crippen molar-refractivity contribution in [2.45, 2.75) is 26.2 Å². The molecule has 0 radical (unpaired) electrons. The van der Waals surface area contributed by atoms with Gasteiger partial charge in [0, 0.05) is 23.0 Å². The maximum atomic E-state index is 4.67. The van der Waals surface area contributed by atoms with Gasteiger partial charge in [-0.05, 0) is 24.3 Å². The molecule has 0 spiro atoms. The van der Waals surface area contributed by atoms with E-state index in [0.29, 0.717) is 0 Å². The smallest absolute Gasteiger partial charge is 0.266 e. The van der Waals surface area contributed by atoms with Crippen molar-refractivity contribution in [1.82, 2.24) is 9.97 Å². The standard InChI is InChI=1S/C26H24N2SSi2.Pt/c1-30(2,25-9-5-7-15-27-25)19-11-13-23-21(17-19)22-18-20(12-14-24(22)29-23)31(3,4)26-10-6-8-16-28-26;/h5-16H,1-4H3;/q-2;+2. The Bertz CT molecular complexity index is 1280. The van der Waals surface area contributed by atoms with E-state index in [9.17, 15) is 0 Å². The second kappa shape index (κ2) is 8.79. The van der Waals surface area contributed by atoms with Crippen LogP contribution in [0, 0.1) is 12.1 Å². The van der Waals surface area contributed by atoms with Crippen LogP contribution in [0.2, 0.25) is 26.2 Å². The zero-order valence-electron chi connectivity index (χ0n) is 18.5. The molecule has 3 aromatic heterocycles. The van der Waals surface area contributed by atoms with Gasteiger partial charge in [0.05, 0.1) is 0 Å². The third-order valence-corrected chi connectivity index (χ3v) is 13.8. The zero-order valence-corrected chi connectivity index (χ0v) is 23.6. The van der Waals surface area contributed by atoms with Gasteiger partial charge < -0.3 is 0 Å². The van der Waals surface area contributed by atoms with E-state index in [0.717, 1.165) is 0 Å². The van der Waals surface area contributed by atoms with Crippen LogP contribution in [0.3, 0.4) is 0 Å². The fourth-order valence-corrected chi connectivity index (χ4v) is 9.36. The molecular formula is C26H24N2PtSSi2. The van der Waals surface area contributed by atoms with E-state index in [2.05, 4.69) is 96.8 Å². The van der Waals surface area contributed by atoms with Crippen LogP contribution in [0.1, 0.15) is 0 Å². The zero-order chi connectivity index (χ0) is 21.6. The summed E-state index contributed by atoms with van der Waals surface area (Å²) in [6.07, 6.45) is 3.79. The van der Waals surface area contributed by atoms with Crippen molar-refractivity contribution in [2.24, 2.45) is 0 Å². The van der Waals surface area contributed by atoms with Crippen molar-refractivity contribution >= 4 is 68.7 Å². The first-order valence-electron chi connectivity index (χ1n) is 10.5. The summed E-state index contributed by atoms with van der Waals surface area (Å²) >= 11 is 1.83. The van der Waals surface area contributed by atoms with Gasteiger partial charge in [-0.25, -0.2) is 10.8 Å². The molecule has 5 aromatic rings. The molecule has 0 aliphatic heterocycles. The van der Waals surface area contributed by atoms with Crippen LogP contribution < -0.4 is 21.0 Å². The van der Waals surface area contributed by atoms with Gasteiger partial charge >= 0.3 is 21.1 Å². The van der Waals surface area contributed by atoms with Gasteiger partial charge in [-0.15, -0.1) is 44.0 Å². The van der Waals surface area contributed by atoms with Crippen LogP contribution in [-0.4, -0.2) is 26.1 Å². The Morgan fingerprint density at radius 3 is 1.44 bits per heavy atom. The molecule has 0 saturated heterocycles. The first kappa shape index (κ1) is 23.2. The maximum Gasteiger partial charge on any atom is 2.00 e. The van der Waals surface area contributed by atoms with Gasteiger partial charge in [0.2, 0.25) is 0 Å². The summed E-state index contributed by atoms with van der Waals surface area (Å²) in [6.45, 7) is 9.42. The molecule has 0 aliphatic carbocycles. The van der Waals surface area contributed by atoms with Crippen LogP contribution in [0.15, 0.2) is 73.1 Å². The SMILES string of the molecule is C[Si](C)(c1[c-]c2c(cc1)sc1ccc([Si](C)(C)c3ccccn3)[c-]c12)c1ccccn1.[Pt+2]. The normalized spacial score (nSPS) is 12.1. The van der Waals surface area contributed by atoms with Crippen LogP contribution >= 0.6 is 11.3 Å². The van der Waals surface area contributed by atoms with Crippen molar-refractivity contribution in [2.75, 3.05) is 0 Å². The quantitative estimate of drug-likeness (QED) is 0.217. The number of benzene rings is 2. The van der Waals surface area contributed by atoms with E-state index in [-0.39, 0.29) is 21.1 Å². The number of pyridine rings is 2. The largest absolute Gasteiger partial charge is 2.00 e. The van der Waals surface area contributed by atoms with Crippen LogP contribution in [0.4, 0.5) is 0 Å². The number of rotatable bonds is 4. The molecule has 0 atom stereocenters. The number of aromatic nitrogens is 2. The maximum absolute atomic E-state index is 4.67. The fourth-order valence-electron chi connectivity index (χ4n) is 4.09. The van der Waals surface area contributed by atoms with E-state index >= 15 is 0 Å². The van der Waals surface area contributed by atoms with Gasteiger partial charge in [-0.3, -0.25) is 21.3 Å². The first-order chi connectivity index (χ1) is 14.9. The van der Waals surface area contributed by atoms with Gasteiger partial charge in [-0.1, -0.05) is 38.3 Å². The summed E-state index contributed by atoms with van der Waals surface area (Å²) in [5.41, 5.74) is 0. The molecule has 5 rings (SSSR count). The third kappa shape index (κ3) is 3.96. The molecule has 0 fully saturated rings. The predicted octanol–water partition coefficient (Wildman–Crippen LogP) is 4.09. The van der Waals surface area contributed by atoms with Crippen molar-refractivity contribution in [3.63, 3.8) is 0 Å². The minimum atomic E-state index is -1.91.